The second-order valence-electron chi connectivity index (χ2n) is 5.40. The van der Waals surface area contributed by atoms with Crippen LogP contribution in [0.5, 0.6) is 5.75 Å². The summed E-state index contributed by atoms with van der Waals surface area (Å²) in [6.45, 7) is 0.361. The third-order valence-electron chi connectivity index (χ3n) is 4.13. The average molecular weight is 310 g/mol. The normalized spacial score (nSPS) is 17.5. The highest BCUT2D eigenvalue weighted by Gasteiger charge is 2.27. The number of fused-ring (bicyclic) bond motifs is 2. The Morgan fingerprint density at radius 2 is 2.13 bits per heavy atom. The summed E-state index contributed by atoms with van der Waals surface area (Å²) in [5.74, 6) is 0.188. The molecule has 2 N–H and O–H groups in total. The van der Waals surface area contributed by atoms with Crippen LogP contribution in [0.25, 0.3) is 11.6 Å². The van der Waals surface area contributed by atoms with Crippen LogP contribution in [-0.4, -0.2) is 30.6 Å². The lowest BCUT2D eigenvalue weighted by atomic mass is 10.0. The molecule has 4 rings (SSSR count). The fraction of sp³-hybridized carbons (Fsp3) is 0.176. The van der Waals surface area contributed by atoms with Crippen LogP contribution >= 0.6 is 0 Å². The van der Waals surface area contributed by atoms with E-state index >= 15 is 0 Å². The Balaban J connectivity index is 1.79. The first-order valence-electron chi connectivity index (χ1n) is 7.26. The van der Waals surface area contributed by atoms with E-state index in [4.69, 9.17) is 9.47 Å². The molecule has 2 aromatic rings. The van der Waals surface area contributed by atoms with Gasteiger partial charge in [0.1, 0.15) is 5.75 Å². The van der Waals surface area contributed by atoms with Gasteiger partial charge in [-0.1, -0.05) is 0 Å². The molecule has 23 heavy (non-hydrogen) atoms. The summed E-state index contributed by atoms with van der Waals surface area (Å²) < 4.78 is 10.2. The number of aromatic nitrogens is 1. The van der Waals surface area contributed by atoms with Crippen molar-refractivity contribution < 1.29 is 19.1 Å². The largest absolute Gasteiger partial charge is 0.497 e. The van der Waals surface area contributed by atoms with Gasteiger partial charge in [0.15, 0.2) is 0 Å². The van der Waals surface area contributed by atoms with Gasteiger partial charge >= 0.3 is 5.97 Å². The van der Waals surface area contributed by atoms with Crippen molar-refractivity contribution in [3.8, 4) is 5.75 Å². The fourth-order valence-corrected chi connectivity index (χ4v) is 2.96. The zero-order valence-corrected chi connectivity index (χ0v) is 12.4. The molecule has 1 aromatic heterocycles. The summed E-state index contributed by atoms with van der Waals surface area (Å²) in [6.07, 6.45) is 4.05. The highest BCUT2D eigenvalue weighted by atomic mass is 16.5. The van der Waals surface area contributed by atoms with Crippen molar-refractivity contribution in [3.63, 3.8) is 0 Å². The molecule has 6 nitrogen and oxygen atoms in total. The molecule has 0 saturated heterocycles. The molecule has 2 aliphatic heterocycles. The summed E-state index contributed by atoms with van der Waals surface area (Å²) in [7, 11) is 1.58. The molecule has 116 valence electrons. The number of hydrogen-bond donors (Lipinski definition) is 2. The second-order valence-corrected chi connectivity index (χ2v) is 5.40. The van der Waals surface area contributed by atoms with Crippen LogP contribution in [0.1, 0.15) is 27.2 Å². The van der Waals surface area contributed by atoms with Gasteiger partial charge in [0.25, 0.3) is 5.91 Å². The van der Waals surface area contributed by atoms with Gasteiger partial charge in [-0.25, -0.2) is 4.79 Å². The van der Waals surface area contributed by atoms with Crippen LogP contribution < -0.4 is 10.1 Å². The molecule has 0 radical (unpaired) electrons. The molecule has 0 unspecified atom stereocenters. The fourth-order valence-electron chi connectivity index (χ4n) is 2.96. The molecular formula is C17H14N2O4. The van der Waals surface area contributed by atoms with Crippen molar-refractivity contribution in [2.45, 2.75) is 6.42 Å². The summed E-state index contributed by atoms with van der Waals surface area (Å²) in [6, 6.07) is 5.45. The third-order valence-corrected chi connectivity index (χ3v) is 4.13. The molecule has 0 bridgehead atoms. The first-order valence-corrected chi connectivity index (χ1v) is 7.26. The van der Waals surface area contributed by atoms with Gasteiger partial charge < -0.3 is 19.8 Å². The molecule has 6 heteroatoms. The van der Waals surface area contributed by atoms with E-state index in [1.807, 2.05) is 12.1 Å². The first-order chi connectivity index (χ1) is 11.2. The number of carbonyl (C=O) groups is 2. The van der Waals surface area contributed by atoms with E-state index in [-0.39, 0.29) is 11.9 Å². The van der Waals surface area contributed by atoms with Crippen LogP contribution in [0.15, 0.2) is 24.4 Å². The number of nitrogens with one attached hydrogen (secondary N) is 2. The molecule has 0 spiro atoms. The number of carbonyl (C=O) groups excluding carboxylic acids is 2. The van der Waals surface area contributed by atoms with E-state index in [0.29, 0.717) is 29.9 Å². The Labute approximate surface area is 132 Å². The van der Waals surface area contributed by atoms with E-state index in [1.54, 1.807) is 25.4 Å². The summed E-state index contributed by atoms with van der Waals surface area (Å²) in [5, 5.41) is 2.83. The van der Waals surface area contributed by atoms with Gasteiger partial charge in [0, 0.05) is 29.9 Å². The third kappa shape index (κ3) is 2.11. The van der Waals surface area contributed by atoms with Gasteiger partial charge in [-0.05, 0) is 23.8 Å². The predicted octanol–water partition coefficient (Wildman–Crippen LogP) is 2.23. The minimum Gasteiger partial charge on any atom is -0.497 e. The molecular weight excluding hydrogens is 296 g/mol. The lowest BCUT2D eigenvalue weighted by Gasteiger charge is -2.12. The number of hydrogen-bond acceptors (Lipinski definition) is 4. The molecule has 0 saturated carbocycles. The number of H-pyrrole nitrogens is 1. The Morgan fingerprint density at radius 3 is 2.96 bits per heavy atom. The SMILES string of the molecule is COc1ccc2c(c1)NC(=O)C2=Cc1[nH]cc2c1CCOC2=O. The molecule has 1 amide bonds. The van der Waals surface area contributed by atoms with Gasteiger partial charge in [-0.3, -0.25) is 4.79 Å². The Kier molecular flexibility index (Phi) is 2.97. The number of methoxy groups -OCH3 is 1. The van der Waals surface area contributed by atoms with Crippen LogP contribution in [0.4, 0.5) is 5.69 Å². The molecule has 2 aliphatic rings. The van der Waals surface area contributed by atoms with Gasteiger partial charge in [-0.15, -0.1) is 0 Å². The van der Waals surface area contributed by atoms with Crippen LogP contribution in [0.3, 0.4) is 0 Å². The van der Waals surface area contributed by atoms with Crippen molar-refractivity contribution in [2.24, 2.45) is 0 Å². The average Bonchev–Trinajstić information content (AvgIpc) is 3.10. The minimum atomic E-state index is -0.326. The van der Waals surface area contributed by atoms with Crippen LogP contribution in [0.2, 0.25) is 0 Å². The maximum absolute atomic E-state index is 12.3. The van der Waals surface area contributed by atoms with Crippen molar-refractivity contribution >= 4 is 29.2 Å². The summed E-state index contributed by atoms with van der Waals surface area (Å²) in [5.41, 5.74) is 4.30. The quantitative estimate of drug-likeness (QED) is 0.658. The molecule has 3 heterocycles. The van der Waals surface area contributed by atoms with Crippen molar-refractivity contribution in [1.29, 1.82) is 0 Å². The molecule has 0 atom stereocenters. The zero-order chi connectivity index (χ0) is 16.0. The number of benzene rings is 1. The number of ether oxygens (including phenoxy) is 2. The van der Waals surface area contributed by atoms with Crippen molar-refractivity contribution in [2.75, 3.05) is 19.0 Å². The van der Waals surface area contributed by atoms with E-state index in [2.05, 4.69) is 10.3 Å². The Hall–Kier alpha value is -3.02. The van der Waals surface area contributed by atoms with E-state index in [0.717, 1.165) is 22.5 Å². The minimum absolute atomic E-state index is 0.171. The van der Waals surface area contributed by atoms with Crippen LogP contribution in [-0.2, 0) is 16.0 Å². The highest BCUT2D eigenvalue weighted by molar-refractivity contribution is 6.35. The number of anilines is 1. The molecule has 0 aliphatic carbocycles. The lowest BCUT2D eigenvalue weighted by molar-refractivity contribution is -0.110. The van der Waals surface area contributed by atoms with Crippen molar-refractivity contribution in [1.82, 2.24) is 4.98 Å². The number of amides is 1. The second kappa shape index (κ2) is 5.01. The van der Waals surface area contributed by atoms with Gasteiger partial charge in [0.2, 0.25) is 0 Å². The lowest BCUT2D eigenvalue weighted by Crippen LogP contribution is -2.16. The van der Waals surface area contributed by atoms with Crippen molar-refractivity contribution in [3.05, 3.63) is 46.8 Å². The summed E-state index contributed by atoms with van der Waals surface area (Å²) in [4.78, 5) is 27.0. The Bertz CT molecular complexity index is 863. The maximum Gasteiger partial charge on any atom is 0.339 e. The number of aromatic amines is 1. The highest BCUT2D eigenvalue weighted by Crippen LogP contribution is 2.36. The predicted molar refractivity (Wildman–Crippen MR) is 84.3 cm³/mol. The smallest absolute Gasteiger partial charge is 0.339 e. The summed E-state index contributed by atoms with van der Waals surface area (Å²) >= 11 is 0. The van der Waals surface area contributed by atoms with E-state index in [1.165, 1.54) is 0 Å². The number of rotatable bonds is 2. The standard InChI is InChI=1S/C17H14N2O4/c1-22-9-2-3-10-12(16(20)19-15(10)6-9)7-14-11-4-5-23-17(21)13(11)8-18-14/h2-3,6-8,18H,4-5H2,1H3,(H,19,20). The number of esters is 1. The zero-order valence-electron chi connectivity index (χ0n) is 12.4. The van der Waals surface area contributed by atoms with E-state index < -0.39 is 0 Å². The van der Waals surface area contributed by atoms with Gasteiger partial charge in [0.05, 0.1) is 30.5 Å². The number of cyclic esters (lactones) is 1. The Morgan fingerprint density at radius 1 is 1.26 bits per heavy atom. The van der Waals surface area contributed by atoms with Crippen LogP contribution in [0, 0.1) is 0 Å². The topological polar surface area (TPSA) is 80.4 Å². The maximum atomic E-state index is 12.3. The monoisotopic (exact) mass is 310 g/mol. The first kappa shape index (κ1) is 13.6. The molecule has 1 aromatic carbocycles. The molecule has 0 fully saturated rings. The van der Waals surface area contributed by atoms with Gasteiger partial charge in [-0.2, -0.15) is 0 Å². The van der Waals surface area contributed by atoms with E-state index in [9.17, 15) is 9.59 Å².